The number of hydrogen-bond acceptors (Lipinski definition) is 6. The Kier molecular flexibility index (Phi) is 5.14. The lowest BCUT2D eigenvalue weighted by Crippen LogP contribution is -2.56. The lowest BCUT2D eigenvalue weighted by Gasteiger charge is -2.58. The third-order valence-corrected chi connectivity index (χ3v) is 8.74. The summed E-state index contributed by atoms with van der Waals surface area (Å²) >= 11 is 0. The lowest BCUT2D eigenvalue weighted by atomic mass is 9.46. The number of ether oxygens (including phenoxy) is 1. The average molecular weight is 403 g/mol. The molecule has 0 aliphatic heterocycles. The molecule has 0 aromatic carbocycles. The van der Waals surface area contributed by atoms with E-state index in [9.17, 15) is 15.5 Å². The molecule has 0 aromatic heterocycles. The number of methoxy groups -OCH3 is 1. The third-order valence-electron chi connectivity index (χ3n) is 8.74. The molecule has 3 fully saturated rings. The quantitative estimate of drug-likeness (QED) is 0.379. The van der Waals surface area contributed by atoms with Crippen LogP contribution in [0.15, 0.2) is 34.1 Å². The van der Waals surface area contributed by atoms with Gasteiger partial charge in [-0.05, 0) is 61.0 Å². The van der Waals surface area contributed by atoms with E-state index in [4.69, 9.17) is 4.74 Å². The fourth-order valence-corrected chi connectivity index (χ4v) is 7.80. The van der Waals surface area contributed by atoms with Gasteiger partial charge in [0.05, 0.1) is 18.4 Å². The van der Waals surface area contributed by atoms with Crippen LogP contribution in [-0.2, 0) is 4.74 Å². The van der Waals surface area contributed by atoms with Gasteiger partial charge in [0, 0.05) is 24.4 Å². The topological polar surface area (TPSA) is 94.6 Å². The van der Waals surface area contributed by atoms with Crippen molar-refractivity contribution in [3.63, 3.8) is 0 Å². The van der Waals surface area contributed by atoms with E-state index in [-0.39, 0.29) is 22.7 Å². The number of oxime groups is 2. The van der Waals surface area contributed by atoms with Crippen molar-refractivity contribution in [3.8, 4) is 0 Å². The van der Waals surface area contributed by atoms with Crippen LogP contribution in [0.25, 0.3) is 0 Å². The van der Waals surface area contributed by atoms with Crippen LogP contribution in [0.1, 0.15) is 46.5 Å². The van der Waals surface area contributed by atoms with E-state index in [0.717, 1.165) is 19.3 Å². The zero-order valence-electron chi connectivity index (χ0n) is 17.9. The summed E-state index contributed by atoms with van der Waals surface area (Å²) in [5.41, 5.74) is 2.24. The Morgan fingerprint density at radius 3 is 2.72 bits per heavy atom. The van der Waals surface area contributed by atoms with E-state index in [0.29, 0.717) is 42.2 Å². The monoisotopic (exact) mass is 402 g/mol. The molecule has 29 heavy (non-hydrogen) atoms. The van der Waals surface area contributed by atoms with Gasteiger partial charge in [0.15, 0.2) is 0 Å². The first-order valence-corrected chi connectivity index (χ1v) is 10.8. The molecule has 0 radical (unpaired) electrons. The first kappa shape index (κ1) is 20.6. The number of hydrogen-bond donors (Lipinski definition) is 3. The molecular weight excluding hydrogens is 368 g/mol. The van der Waals surface area contributed by atoms with Crippen molar-refractivity contribution in [2.75, 3.05) is 13.7 Å². The van der Waals surface area contributed by atoms with Gasteiger partial charge in [0.25, 0.3) is 0 Å². The van der Waals surface area contributed by atoms with E-state index < -0.39 is 6.10 Å². The third kappa shape index (κ3) is 2.90. The maximum absolute atomic E-state index is 11.5. The van der Waals surface area contributed by atoms with Crippen molar-refractivity contribution in [1.29, 1.82) is 0 Å². The van der Waals surface area contributed by atoms with Gasteiger partial charge in [0.2, 0.25) is 0 Å². The molecular formula is C23H34N2O4. The van der Waals surface area contributed by atoms with Crippen LogP contribution >= 0.6 is 0 Å². The number of rotatable bonds is 3. The maximum atomic E-state index is 11.5. The second-order valence-electron chi connectivity index (χ2n) is 10.1. The normalized spacial score (nSPS) is 48.1. The number of nitrogens with zero attached hydrogens (tertiary/aromatic N) is 2. The van der Waals surface area contributed by atoms with Gasteiger partial charge in [-0.3, -0.25) is 0 Å². The molecule has 160 valence electrons. The molecule has 4 aliphatic rings. The highest BCUT2D eigenvalue weighted by atomic mass is 16.5. The van der Waals surface area contributed by atoms with Crippen molar-refractivity contribution in [2.24, 2.45) is 50.7 Å². The fourth-order valence-electron chi connectivity index (χ4n) is 7.80. The average Bonchev–Trinajstić information content (AvgIpc) is 2.95. The van der Waals surface area contributed by atoms with Gasteiger partial charge in [-0.1, -0.05) is 42.7 Å². The Morgan fingerprint density at radius 1 is 1.31 bits per heavy atom. The van der Waals surface area contributed by atoms with Crippen molar-refractivity contribution in [3.05, 3.63) is 23.8 Å². The molecule has 0 bridgehead atoms. The summed E-state index contributed by atoms with van der Waals surface area (Å²) in [6, 6.07) is 0. The number of aliphatic hydroxyl groups excluding tert-OH is 1. The molecule has 3 N–H and O–H groups in total. The predicted octanol–water partition coefficient (Wildman–Crippen LogP) is 3.87. The van der Waals surface area contributed by atoms with Crippen LogP contribution in [0.2, 0.25) is 0 Å². The Bertz CT molecular complexity index is 788. The Balaban J connectivity index is 1.71. The highest BCUT2D eigenvalue weighted by Crippen LogP contribution is 2.67. The molecule has 0 amide bonds. The fraction of sp³-hybridized carbons (Fsp3) is 0.739. The van der Waals surface area contributed by atoms with Crippen LogP contribution in [0.5, 0.6) is 0 Å². The zero-order valence-corrected chi connectivity index (χ0v) is 17.9. The standard InChI is InChI=1S/C23H34N2O4/c1-13-9-17-16-6-5-14-10-15(24-27)7-8-22(14,2)21(16)19(26)11-23(17,3)20(13)18(25-28)12-29-4/h7-8,10,13,16-17,19-21,26-28H,5-6,9,11-12H2,1-4H3/b24-15+,25-18+. The first-order chi connectivity index (χ1) is 13.8. The smallest absolute Gasteiger partial charge is 0.102 e. The molecule has 3 saturated carbocycles. The van der Waals surface area contributed by atoms with Gasteiger partial charge < -0.3 is 20.3 Å². The number of aliphatic hydroxyl groups is 1. The van der Waals surface area contributed by atoms with E-state index in [1.165, 1.54) is 5.57 Å². The molecule has 8 unspecified atom stereocenters. The van der Waals surface area contributed by atoms with E-state index in [1.807, 2.05) is 12.2 Å². The largest absolute Gasteiger partial charge is 0.411 e. The van der Waals surface area contributed by atoms with Gasteiger partial charge in [0.1, 0.15) is 5.71 Å². The molecule has 0 aromatic rings. The van der Waals surface area contributed by atoms with Gasteiger partial charge in [-0.15, -0.1) is 0 Å². The van der Waals surface area contributed by atoms with E-state index >= 15 is 0 Å². The van der Waals surface area contributed by atoms with E-state index in [1.54, 1.807) is 7.11 Å². The molecule has 4 aliphatic carbocycles. The molecule has 6 heteroatoms. The lowest BCUT2D eigenvalue weighted by molar-refractivity contribution is -0.109. The number of fused-ring (bicyclic) bond motifs is 5. The van der Waals surface area contributed by atoms with Crippen LogP contribution in [-0.4, -0.2) is 46.8 Å². The van der Waals surface area contributed by atoms with Crippen molar-refractivity contribution >= 4 is 11.4 Å². The Morgan fingerprint density at radius 2 is 2.07 bits per heavy atom. The van der Waals surface area contributed by atoms with Crippen molar-refractivity contribution < 1.29 is 20.3 Å². The van der Waals surface area contributed by atoms with Crippen LogP contribution in [0.4, 0.5) is 0 Å². The predicted molar refractivity (Wildman–Crippen MR) is 111 cm³/mol. The summed E-state index contributed by atoms with van der Waals surface area (Å²) in [4.78, 5) is 0. The first-order valence-electron chi connectivity index (χ1n) is 10.8. The number of allylic oxidation sites excluding steroid dienone is 4. The van der Waals surface area contributed by atoms with E-state index in [2.05, 4.69) is 37.2 Å². The van der Waals surface area contributed by atoms with Crippen LogP contribution in [0.3, 0.4) is 0 Å². The Hall–Kier alpha value is -1.66. The van der Waals surface area contributed by atoms with Crippen molar-refractivity contribution in [1.82, 2.24) is 0 Å². The molecule has 8 atom stereocenters. The van der Waals surface area contributed by atoms with Crippen LogP contribution in [0, 0.1) is 40.4 Å². The second-order valence-corrected chi connectivity index (χ2v) is 10.1. The SMILES string of the molecule is COC/C(=N\O)C1C(C)CC2C3CCC4=C/C(=N/O)C=CC4(C)C3C(O)CC21C. The summed E-state index contributed by atoms with van der Waals surface area (Å²) < 4.78 is 5.32. The summed E-state index contributed by atoms with van der Waals surface area (Å²) in [6.07, 6.45) is 9.36. The minimum atomic E-state index is -0.428. The summed E-state index contributed by atoms with van der Waals surface area (Å²) in [7, 11) is 1.63. The highest BCUT2D eigenvalue weighted by Gasteiger charge is 2.63. The second kappa shape index (κ2) is 7.24. The van der Waals surface area contributed by atoms with Crippen molar-refractivity contribution in [2.45, 2.75) is 52.6 Å². The summed E-state index contributed by atoms with van der Waals surface area (Å²) in [6.45, 7) is 7.09. The molecule has 0 spiro atoms. The minimum Gasteiger partial charge on any atom is -0.411 e. The Labute approximate surface area is 173 Å². The molecule has 0 heterocycles. The maximum Gasteiger partial charge on any atom is 0.102 e. The van der Waals surface area contributed by atoms with Crippen LogP contribution < -0.4 is 0 Å². The molecule has 6 nitrogen and oxygen atoms in total. The van der Waals surface area contributed by atoms with Gasteiger partial charge in [-0.2, -0.15) is 0 Å². The molecule has 4 rings (SSSR count). The molecule has 0 saturated heterocycles. The minimum absolute atomic E-state index is 0.103. The summed E-state index contributed by atoms with van der Waals surface area (Å²) in [5, 5.41) is 37.3. The highest BCUT2D eigenvalue weighted by molar-refractivity contribution is 6.05. The zero-order chi connectivity index (χ0) is 21.0. The van der Waals surface area contributed by atoms with Gasteiger partial charge in [-0.25, -0.2) is 0 Å². The summed E-state index contributed by atoms with van der Waals surface area (Å²) in [5.74, 6) is 1.55. The van der Waals surface area contributed by atoms with Gasteiger partial charge >= 0.3 is 0 Å².